The van der Waals surface area contributed by atoms with Crippen molar-refractivity contribution >= 4 is 17.5 Å². The summed E-state index contributed by atoms with van der Waals surface area (Å²) in [5.41, 5.74) is 1.07. The first-order valence-electron chi connectivity index (χ1n) is 8.23. The Morgan fingerprint density at radius 3 is 3.04 bits per heavy atom. The van der Waals surface area contributed by atoms with Crippen LogP contribution >= 0.6 is 11.6 Å². The van der Waals surface area contributed by atoms with Crippen LogP contribution < -0.4 is 0 Å². The number of nitriles is 1. The van der Waals surface area contributed by atoms with E-state index in [0.717, 1.165) is 12.1 Å². The Morgan fingerprint density at radius 1 is 1.54 bits per heavy atom. The molecule has 130 valence electrons. The first-order valence-corrected chi connectivity index (χ1v) is 8.61. The van der Waals surface area contributed by atoms with Gasteiger partial charge in [0.2, 0.25) is 5.91 Å². The molecule has 0 unspecified atom stereocenters. The third kappa shape index (κ3) is 5.20. The summed E-state index contributed by atoms with van der Waals surface area (Å²) in [6.45, 7) is 4.67. The second-order valence-electron chi connectivity index (χ2n) is 6.19. The van der Waals surface area contributed by atoms with Crippen LogP contribution in [0.15, 0.2) is 24.3 Å². The maximum Gasteiger partial charge on any atom is 0.223 e. The monoisotopic (exact) mass is 349 g/mol. The highest BCUT2D eigenvalue weighted by molar-refractivity contribution is 6.30. The Kier molecular flexibility index (Phi) is 7.04. The lowest BCUT2D eigenvalue weighted by Crippen LogP contribution is -2.46. The van der Waals surface area contributed by atoms with Crippen molar-refractivity contribution in [1.82, 2.24) is 9.80 Å². The van der Waals surface area contributed by atoms with Gasteiger partial charge in [-0.1, -0.05) is 23.7 Å². The normalized spacial score (nSPS) is 21.2. The Balaban J connectivity index is 1.89. The maximum atomic E-state index is 12.1. The Labute approximate surface area is 148 Å². The average molecular weight is 350 g/mol. The van der Waals surface area contributed by atoms with Crippen LogP contribution in [0.4, 0.5) is 0 Å². The molecule has 1 aromatic carbocycles. The summed E-state index contributed by atoms with van der Waals surface area (Å²) < 4.78 is 5.94. The molecule has 24 heavy (non-hydrogen) atoms. The fraction of sp³-hybridized carbons (Fsp3) is 0.556. The first-order chi connectivity index (χ1) is 11.5. The molecule has 0 spiro atoms. The molecule has 0 radical (unpaired) electrons. The van der Waals surface area contributed by atoms with Crippen LogP contribution in [0.5, 0.6) is 0 Å². The maximum absolute atomic E-state index is 12.1. The van der Waals surface area contributed by atoms with Crippen LogP contribution in [0.1, 0.15) is 31.4 Å². The zero-order chi connectivity index (χ0) is 17.5. The van der Waals surface area contributed by atoms with Crippen LogP contribution in [-0.2, 0) is 9.53 Å². The van der Waals surface area contributed by atoms with Crippen molar-refractivity contribution in [3.63, 3.8) is 0 Å². The van der Waals surface area contributed by atoms with E-state index in [9.17, 15) is 4.79 Å². The highest BCUT2D eigenvalue weighted by atomic mass is 35.5. The van der Waals surface area contributed by atoms with Gasteiger partial charge in [0.25, 0.3) is 0 Å². The molecule has 0 N–H and O–H groups in total. The van der Waals surface area contributed by atoms with Crippen molar-refractivity contribution in [3.05, 3.63) is 34.9 Å². The predicted octanol–water partition coefficient (Wildman–Crippen LogP) is 2.86. The molecule has 0 aliphatic carbocycles. The minimum Gasteiger partial charge on any atom is -0.371 e. The van der Waals surface area contributed by atoms with Gasteiger partial charge in [-0.25, -0.2) is 0 Å². The molecule has 1 fully saturated rings. The summed E-state index contributed by atoms with van der Waals surface area (Å²) in [5.74, 6) is 0.0725. The first kappa shape index (κ1) is 18.7. The minimum atomic E-state index is -0.0219. The number of halogens is 1. The van der Waals surface area contributed by atoms with E-state index in [1.54, 1.807) is 11.9 Å². The molecule has 2 rings (SSSR count). The van der Waals surface area contributed by atoms with E-state index in [4.69, 9.17) is 21.6 Å². The minimum absolute atomic E-state index is 0.0219. The van der Waals surface area contributed by atoms with Crippen LogP contribution in [-0.4, -0.2) is 55.0 Å². The van der Waals surface area contributed by atoms with Gasteiger partial charge >= 0.3 is 0 Å². The van der Waals surface area contributed by atoms with Gasteiger partial charge in [0.05, 0.1) is 25.2 Å². The van der Waals surface area contributed by atoms with Gasteiger partial charge in [0.15, 0.2) is 0 Å². The van der Waals surface area contributed by atoms with Crippen molar-refractivity contribution in [3.8, 4) is 6.07 Å². The lowest BCUT2D eigenvalue weighted by atomic mass is 10.1. The molecular formula is C18H24ClN3O2. The molecule has 0 bridgehead atoms. The van der Waals surface area contributed by atoms with Gasteiger partial charge < -0.3 is 9.64 Å². The fourth-order valence-corrected chi connectivity index (χ4v) is 3.00. The standard InChI is InChI=1S/C18H24ClN3O2/c1-14-13-24-17(15-5-3-6-16(19)11-15)12-22(14)10-7-18(23)21(2)9-4-8-20/h3,5-6,11,14,17H,4,7,9-10,12-13H2,1-2H3/t14-,17-/m0/s1. The number of carbonyl (C=O) groups is 1. The highest BCUT2D eigenvalue weighted by Gasteiger charge is 2.27. The van der Waals surface area contributed by atoms with E-state index in [-0.39, 0.29) is 18.1 Å². The molecule has 1 saturated heterocycles. The molecule has 1 aliphatic heterocycles. The van der Waals surface area contributed by atoms with Crippen molar-refractivity contribution in [2.24, 2.45) is 0 Å². The number of benzene rings is 1. The Bertz CT molecular complexity index is 602. The van der Waals surface area contributed by atoms with Crippen LogP contribution in [0.2, 0.25) is 5.02 Å². The summed E-state index contributed by atoms with van der Waals surface area (Å²) in [6.07, 6.45) is 0.799. The molecule has 1 aliphatic rings. The van der Waals surface area contributed by atoms with E-state index >= 15 is 0 Å². The summed E-state index contributed by atoms with van der Waals surface area (Å²) in [6, 6.07) is 10.1. The fourth-order valence-electron chi connectivity index (χ4n) is 2.80. The van der Waals surface area contributed by atoms with Gasteiger partial charge in [-0.2, -0.15) is 5.26 Å². The van der Waals surface area contributed by atoms with Crippen molar-refractivity contribution < 1.29 is 9.53 Å². The topological polar surface area (TPSA) is 56.6 Å². The molecule has 1 amide bonds. The zero-order valence-electron chi connectivity index (χ0n) is 14.2. The van der Waals surface area contributed by atoms with E-state index in [2.05, 4.69) is 17.9 Å². The number of ether oxygens (including phenoxy) is 1. The molecule has 5 nitrogen and oxygen atoms in total. The van der Waals surface area contributed by atoms with Gasteiger partial charge in [-0.15, -0.1) is 0 Å². The third-order valence-electron chi connectivity index (χ3n) is 4.38. The van der Waals surface area contributed by atoms with E-state index in [0.29, 0.717) is 37.6 Å². The Morgan fingerprint density at radius 2 is 2.33 bits per heavy atom. The van der Waals surface area contributed by atoms with Crippen molar-refractivity contribution in [1.29, 1.82) is 5.26 Å². The van der Waals surface area contributed by atoms with Crippen LogP contribution in [0.3, 0.4) is 0 Å². The van der Waals surface area contributed by atoms with Gasteiger partial charge in [-0.3, -0.25) is 9.69 Å². The molecule has 0 aromatic heterocycles. The number of hydrogen-bond acceptors (Lipinski definition) is 4. The number of carbonyl (C=O) groups excluding carboxylic acids is 1. The predicted molar refractivity (Wildman–Crippen MR) is 93.7 cm³/mol. The summed E-state index contributed by atoms with van der Waals surface area (Å²) >= 11 is 6.07. The van der Waals surface area contributed by atoms with E-state index < -0.39 is 0 Å². The van der Waals surface area contributed by atoms with Crippen molar-refractivity contribution in [2.45, 2.75) is 31.9 Å². The number of rotatable bonds is 6. The lowest BCUT2D eigenvalue weighted by Gasteiger charge is -2.38. The number of amides is 1. The molecule has 6 heteroatoms. The molecule has 2 atom stereocenters. The summed E-state index contributed by atoms with van der Waals surface area (Å²) in [5, 5.41) is 9.31. The quantitative estimate of drug-likeness (QED) is 0.792. The average Bonchev–Trinajstić information content (AvgIpc) is 2.58. The second-order valence-corrected chi connectivity index (χ2v) is 6.63. The summed E-state index contributed by atoms with van der Waals surface area (Å²) in [7, 11) is 1.75. The second kappa shape index (κ2) is 9.03. The largest absolute Gasteiger partial charge is 0.371 e. The van der Waals surface area contributed by atoms with Gasteiger partial charge in [0.1, 0.15) is 0 Å². The van der Waals surface area contributed by atoms with Crippen LogP contribution in [0, 0.1) is 11.3 Å². The van der Waals surface area contributed by atoms with E-state index in [1.165, 1.54) is 0 Å². The van der Waals surface area contributed by atoms with Gasteiger partial charge in [-0.05, 0) is 24.6 Å². The molecule has 0 saturated carbocycles. The third-order valence-corrected chi connectivity index (χ3v) is 4.62. The number of hydrogen-bond donors (Lipinski definition) is 0. The summed E-state index contributed by atoms with van der Waals surface area (Å²) in [4.78, 5) is 16.0. The molecule has 1 heterocycles. The molecular weight excluding hydrogens is 326 g/mol. The lowest BCUT2D eigenvalue weighted by molar-refractivity contribution is -0.131. The zero-order valence-corrected chi connectivity index (χ0v) is 15.0. The SMILES string of the molecule is C[C@H]1CO[C@H](c2cccc(Cl)c2)CN1CCC(=O)N(C)CCC#N. The number of nitrogens with zero attached hydrogens (tertiary/aromatic N) is 3. The van der Waals surface area contributed by atoms with Gasteiger partial charge in [0, 0.05) is 44.2 Å². The van der Waals surface area contributed by atoms with Crippen molar-refractivity contribution in [2.75, 3.05) is 33.3 Å². The highest BCUT2D eigenvalue weighted by Crippen LogP contribution is 2.26. The number of morpholine rings is 1. The van der Waals surface area contributed by atoms with E-state index in [1.807, 2.05) is 24.3 Å². The Hall–Kier alpha value is -1.61. The smallest absolute Gasteiger partial charge is 0.223 e. The molecule has 1 aromatic rings. The van der Waals surface area contributed by atoms with Crippen LogP contribution in [0.25, 0.3) is 0 Å².